The standard InChI is InChI=1S/C19H36N2O16P2/c1-3-15(22)35-12-14(37-16(23)4-2)13-36-18(25)21-8-9-33-10-11-34-17(24)20-7-5-6-19(26,38(27,28)29)39(30,31)32/h14,26H,3-13H2,1-2H3,(H,20,24)(H,21,25)(H2,27,28,29)(H2,30,31,32). The van der Waals surface area contributed by atoms with Crippen LogP contribution in [0, 0.1) is 0 Å². The minimum absolute atomic E-state index is 0.00573. The third-order valence-corrected chi connectivity index (χ3v) is 8.45. The molecule has 0 aliphatic carbocycles. The zero-order chi connectivity index (χ0) is 30.1. The first-order chi connectivity index (χ1) is 18.1. The molecule has 0 fully saturated rings. The third-order valence-electron chi connectivity index (χ3n) is 4.57. The number of amides is 2. The molecule has 2 amide bonds. The van der Waals surface area contributed by atoms with Crippen molar-refractivity contribution in [3.8, 4) is 0 Å². The van der Waals surface area contributed by atoms with Crippen molar-refractivity contribution in [2.24, 2.45) is 0 Å². The predicted octanol–water partition coefficient (Wildman–Crippen LogP) is -0.488. The van der Waals surface area contributed by atoms with Gasteiger partial charge in [-0.2, -0.15) is 0 Å². The van der Waals surface area contributed by atoms with E-state index in [4.69, 9.17) is 43.3 Å². The number of nitrogens with one attached hydrogen (secondary N) is 2. The van der Waals surface area contributed by atoms with Gasteiger partial charge in [-0.3, -0.25) is 18.7 Å². The fourth-order valence-corrected chi connectivity index (χ4v) is 4.70. The Morgan fingerprint density at radius 3 is 1.87 bits per heavy atom. The number of alkyl carbamates (subject to hydrolysis) is 2. The molecule has 0 heterocycles. The quantitative estimate of drug-likeness (QED) is 0.0420. The molecule has 1 unspecified atom stereocenters. The summed E-state index contributed by atoms with van der Waals surface area (Å²) in [5.41, 5.74) is 0. The lowest BCUT2D eigenvalue weighted by atomic mass is 10.3. The lowest BCUT2D eigenvalue weighted by Gasteiger charge is -2.29. The fourth-order valence-electron chi connectivity index (χ4n) is 2.44. The largest absolute Gasteiger partial charge is 0.462 e. The second kappa shape index (κ2) is 18.1. The zero-order valence-corrected chi connectivity index (χ0v) is 23.3. The van der Waals surface area contributed by atoms with Crippen LogP contribution in [0.15, 0.2) is 0 Å². The molecule has 0 radical (unpaired) electrons. The van der Waals surface area contributed by atoms with E-state index in [1.165, 1.54) is 0 Å². The number of hydrogen-bond donors (Lipinski definition) is 7. The van der Waals surface area contributed by atoms with Crippen LogP contribution in [0.2, 0.25) is 0 Å². The molecule has 0 aliphatic heterocycles. The molecule has 0 aromatic carbocycles. The number of rotatable bonds is 19. The van der Waals surface area contributed by atoms with Crippen LogP contribution in [0.25, 0.3) is 0 Å². The monoisotopic (exact) mass is 610 g/mol. The van der Waals surface area contributed by atoms with Crippen LogP contribution < -0.4 is 10.6 Å². The van der Waals surface area contributed by atoms with Crippen molar-refractivity contribution in [3.05, 3.63) is 0 Å². The molecular formula is C19H36N2O16P2. The van der Waals surface area contributed by atoms with E-state index in [2.05, 4.69) is 10.6 Å². The van der Waals surface area contributed by atoms with Crippen LogP contribution in [-0.2, 0) is 42.4 Å². The van der Waals surface area contributed by atoms with Crippen molar-refractivity contribution < 1.29 is 76.7 Å². The molecule has 0 aromatic heterocycles. The normalized spacial score (nSPS) is 12.7. The lowest BCUT2D eigenvalue weighted by molar-refractivity contribution is -0.161. The van der Waals surface area contributed by atoms with E-state index >= 15 is 0 Å². The molecule has 20 heteroatoms. The Labute approximate surface area is 224 Å². The highest BCUT2D eigenvalue weighted by Gasteiger charge is 2.58. The van der Waals surface area contributed by atoms with E-state index in [1.54, 1.807) is 13.8 Å². The topological polar surface area (TPSA) is 274 Å². The summed E-state index contributed by atoms with van der Waals surface area (Å²) in [6.07, 6.45) is -3.95. The molecule has 0 saturated carbocycles. The molecule has 0 aromatic rings. The Balaban J connectivity index is 4.08. The summed E-state index contributed by atoms with van der Waals surface area (Å²) in [7, 11) is -11.1. The van der Waals surface area contributed by atoms with Crippen LogP contribution in [0.4, 0.5) is 9.59 Å². The minimum Gasteiger partial charge on any atom is -0.462 e. The maximum atomic E-state index is 11.8. The van der Waals surface area contributed by atoms with Gasteiger partial charge >= 0.3 is 39.3 Å². The van der Waals surface area contributed by atoms with Gasteiger partial charge in [0.25, 0.3) is 5.08 Å². The van der Waals surface area contributed by atoms with Crippen molar-refractivity contribution in [3.63, 3.8) is 0 Å². The first kappa shape index (κ1) is 36.7. The summed E-state index contributed by atoms with van der Waals surface area (Å²) in [6, 6.07) is 0. The van der Waals surface area contributed by atoms with Gasteiger partial charge in [-0.05, 0) is 6.42 Å². The molecule has 18 nitrogen and oxygen atoms in total. The van der Waals surface area contributed by atoms with Gasteiger partial charge in [-0.25, -0.2) is 9.59 Å². The highest BCUT2D eigenvalue weighted by molar-refractivity contribution is 7.72. The summed E-state index contributed by atoms with van der Waals surface area (Å²) in [6.45, 7) is 1.95. The Hall–Kier alpha value is -2.30. The molecular weight excluding hydrogens is 574 g/mol. The number of ether oxygens (including phenoxy) is 5. The highest BCUT2D eigenvalue weighted by Crippen LogP contribution is 2.69. The minimum atomic E-state index is -5.57. The summed E-state index contributed by atoms with van der Waals surface area (Å²) >= 11 is 0. The van der Waals surface area contributed by atoms with Gasteiger partial charge in [0.05, 0.1) is 13.2 Å². The van der Waals surface area contributed by atoms with Gasteiger partial charge in [0.2, 0.25) is 0 Å². The number of esters is 2. The van der Waals surface area contributed by atoms with Gasteiger partial charge in [0.15, 0.2) is 6.10 Å². The summed E-state index contributed by atoms with van der Waals surface area (Å²) in [4.78, 5) is 82.1. The molecule has 0 bridgehead atoms. The van der Waals surface area contributed by atoms with Crippen molar-refractivity contribution in [1.82, 2.24) is 10.6 Å². The third kappa shape index (κ3) is 15.2. The molecule has 228 valence electrons. The molecule has 0 aliphatic rings. The van der Waals surface area contributed by atoms with Gasteiger partial charge in [0.1, 0.15) is 19.8 Å². The number of aliphatic hydroxyl groups is 1. The van der Waals surface area contributed by atoms with Crippen LogP contribution >= 0.6 is 15.2 Å². The summed E-state index contributed by atoms with van der Waals surface area (Å²) in [5, 5.41) is 10.7. The van der Waals surface area contributed by atoms with E-state index in [-0.39, 0.29) is 65.4 Å². The smallest absolute Gasteiger partial charge is 0.407 e. The molecule has 7 N–H and O–H groups in total. The maximum Gasteiger partial charge on any atom is 0.407 e. The van der Waals surface area contributed by atoms with Crippen LogP contribution in [-0.4, -0.2) is 106 Å². The Bertz CT molecular complexity index is 867. The predicted molar refractivity (Wildman–Crippen MR) is 129 cm³/mol. The number of hydrogen-bond acceptors (Lipinski definition) is 12. The molecule has 39 heavy (non-hydrogen) atoms. The average Bonchev–Trinajstić information content (AvgIpc) is 2.85. The summed E-state index contributed by atoms with van der Waals surface area (Å²) < 4.78 is 47.2. The lowest BCUT2D eigenvalue weighted by Crippen LogP contribution is -2.34. The van der Waals surface area contributed by atoms with Gasteiger partial charge in [-0.1, -0.05) is 13.8 Å². The van der Waals surface area contributed by atoms with Crippen LogP contribution in [0.3, 0.4) is 0 Å². The number of carbonyl (C=O) groups is 4. The fraction of sp³-hybridized carbons (Fsp3) is 0.789. The first-order valence-corrected chi connectivity index (χ1v) is 14.9. The zero-order valence-electron chi connectivity index (χ0n) is 21.5. The Morgan fingerprint density at radius 1 is 0.769 bits per heavy atom. The van der Waals surface area contributed by atoms with Gasteiger partial charge in [0, 0.05) is 32.4 Å². The SMILES string of the molecule is CCC(=O)OCC(COC(=O)NCCOCCOC(=O)NCCCC(O)(P(=O)(O)O)P(=O)(O)O)OC(=O)CC. The van der Waals surface area contributed by atoms with Gasteiger partial charge < -0.3 is 59.0 Å². The van der Waals surface area contributed by atoms with E-state index in [9.17, 15) is 33.4 Å². The van der Waals surface area contributed by atoms with Crippen LogP contribution in [0.5, 0.6) is 0 Å². The van der Waals surface area contributed by atoms with Crippen LogP contribution in [0.1, 0.15) is 39.5 Å². The van der Waals surface area contributed by atoms with E-state index in [1.807, 2.05) is 0 Å². The summed E-state index contributed by atoms with van der Waals surface area (Å²) in [5.74, 6) is -1.07. The van der Waals surface area contributed by atoms with E-state index < -0.39 is 56.9 Å². The van der Waals surface area contributed by atoms with Crippen molar-refractivity contribution in [2.45, 2.75) is 50.7 Å². The second-order valence-corrected chi connectivity index (χ2v) is 11.7. The molecule has 0 rings (SSSR count). The van der Waals surface area contributed by atoms with Crippen molar-refractivity contribution in [2.75, 3.05) is 46.1 Å². The van der Waals surface area contributed by atoms with Crippen molar-refractivity contribution in [1.29, 1.82) is 0 Å². The van der Waals surface area contributed by atoms with E-state index in [0.29, 0.717) is 0 Å². The van der Waals surface area contributed by atoms with E-state index in [0.717, 1.165) is 0 Å². The number of carbonyl (C=O) groups excluding carboxylic acids is 4. The Morgan fingerprint density at radius 2 is 1.31 bits per heavy atom. The maximum absolute atomic E-state index is 11.8. The molecule has 0 spiro atoms. The van der Waals surface area contributed by atoms with Gasteiger partial charge in [-0.15, -0.1) is 0 Å². The average molecular weight is 610 g/mol. The first-order valence-electron chi connectivity index (χ1n) is 11.6. The molecule has 1 atom stereocenters. The highest BCUT2D eigenvalue weighted by atomic mass is 31.2. The second-order valence-electron chi connectivity index (χ2n) is 7.67. The Kier molecular flexibility index (Phi) is 17.1. The molecule has 0 saturated heterocycles. The van der Waals surface area contributed by atoms with Crippen molar-refractivity contribution >= 4 is 39.3 Å².